The summed E-state index contributed by atoms with van der Waals surface area (Å²) in [5.74, 6) is -0.436. The van der Waals surface area contributed by atoms with Crippen molar-refractivity contribution in [3.63, 3.8) is 0 Å². The zero-order chi connectivity index (χ0) is 10.9. The van der Waals surface area contributed by atoms with Crippen LogP contribution in [0.5, 0.6) is 11.5 Å². The Balaban J connectivity index is 3.47. The molecule has 0 amide bonds. The average molecular weight is 257 g/mol. The van der Waals surface area contributed by atoms with Gasteiger partial charge in [-0.1, -0.05) is 11.6 Å². The van der Waals surface area contributed by atoms with Gasteiger partial charge in [0, 0.05) is 10.7 Å². The molecule has 0 heterocycles. The highest BCUT2D eigenvalue weighted by Gasteiger charge is 2.20. The minimum atomic E-state index is -4.00. The number of rotatable bonds is 2. The van der Waals surface area contributed by atoms with E-state index in [0.29, 0.717) is 0 Å². The molecule has 1 rings (SSSR count). The van der Waals surface area contributed by atoms with Crippen LogP contribution in [-0.2, 0) is 9.05 Å². The maximum atomic E-state index is 10.9. The highest BCUT2D eigenvalue weighted by atomic mass is 35.7. The van der Waals surface area contributed by atoms with Crippen LogP contribution in [0.3, 0.4) is 0 Å². The first-order valence-corrected chi connectivity index (χ1v) is 6.06. The van der Waals surface area contributed by atoms with Crippen LogP contribution >= 0.6 is 22.3 Å². The lowest BCUT2D eigenvalue weighted by Gasteiger charge is -2.06. The molecule has 0 bridgehead atoms. The van der Waals surface area contributed by atoms with Crippen molar-refractivity contribution < 1.29 is 18.3 Å². The second kappa shape index (κ2) is 3.84. The minimum Gasteiger partial charge on any atom is -0.505 e. The van der Waals surface area contributed by atoms with E-state index in [-0.39, 0.29) is 10.8 Å². The Morgan fingerprint density at radius 3 is 2.43 bits per heavy atom. The van der Waals surface area contributed by atoms with Gasteiger partial charge in [-0.15, -0.1) is 0 Å². The summed E-state index contributed by atoms with van der Waals surface area (Å²) in [6.07, 6.45) is 0. The van der Waals surface area contributed by atoms with Crippen LogP contribution in [0.15, 0.2) is 17.0 Å². The van der Waals surface area contributed by atoms with Gasteiger partial charge in [-0.2, -0.15) is 0 Å². The summed E-state index contributed by atoms with van der Waals surface area (Å²) in [5.41, 5.74) is 0. The van der Waals surface area contributed by atoms with Crippen molar-refractivity contribution in [2.45, 2.75) is 4.90 Å². The van der Waals surface area contributed by atoms with Crippen molar-refractivity contribution in [3.8, 4) is 11.5 Å². The number of benzene rings is 1. The summed E-state index contributed by atoms with van der Waals surface area (Å²) in [5, 5.41) is 9.18. The lowest BCUT2D eigenvalue weighted by molar-refractivity contribution is 0.405. The van der Waals surface area contributed by atoms with E-state index in [2.05, 4.69) is 0 Å². The Kier molecular flexibility index (Phi) is 3.14. The van der Waals surface area contributed by atoms with E-state index in [1.54, 1.807) is 0 Å². The molecule has 0 aliphatic carbocycles. The maximum Gasteiger partial charge on any atom is 0.265 e. The van der Waals surface area contributed by atoms with Gasteiger partial charge >= 0.3 is 0 Å². The molecule has 0 aliphatic heterocycles. The van der Waals surface area contributed by atoms with Gasteiger partial charge in [0.2, 0.25) is 0 Å². The van der Waals surface area contributed by atoms with Crippen LogP contribution in [0, 0.1) is 0 Å². The maximum absolute atomic E-state index is 10.9. The lowest BCUT2D eigenvalue weighted by atomic mass is 10.3. The molecule has 4 nitrogen and oxygen atoms in total. The van der Waals surface area contributed by atoms with E-state index >= 15 is 0 Å². The van der Waals surface area contributed by atoms with Crippen molar-refractivity contribution in [2.24, 2.45) is 0 Å². The highest BCUT2D eigenvalue weighted by Crippen LogP contribution is 2.39. The molecule has 0 aliphatic rings. The summed E-state index contributed by atoms with van der Waals surface area (Å²) in [6, 6.07) is 2.42. The fraction of sp³-hybridized carbons (Fsp3) is 0.143. The molecule has 78 valence electrons. The molecule has 14 heavy (non-hydrogen) atoms. The quantitative estimate of drug-likeness (QED) is 0.823. The Bertz CT molecular complexity index is 455. The molecule has 0 atom stereocenters. The summed E-state index contributed by atoms with van der Waals surface area (Å²) < 4.78 is 26.6. The van der Waals surface area contributed by atoms with Gasteiger partial charge in [-0.05, 0) is 12.1 Å². The van der Waals surface area contributed by atoms with Crippen LogP contribution in [0.4, 0.5) is 0 Å². The van der Waals surface area contributed by atoms with E-state index < -0.39 is 19.7 Å². The number of hydrogen-bond donors (Lipinski definition) is 1. The highest BCUT2D eigenvalue weighted by molar-refractivity contribution is 8.13. The summed E-state index contributed by atoms with van der Waals surface area (Å²) >= 11 is 5.61. The first kappa shape index (κ1) is 11.4. The molecule has 0 saturated heterocycles. The van der Waals surface area contributed by atoms with Crippen LogP contribution in [0.1, 0.15) is 0 Å². The Morgan fingerprint density at radius 2 is 2.00 bits per heavy atom. The summed E-state index contributed by atoms with van der Waals surface area (Å²) in [6.45, 7) is 0. The van der Waals surface area contributed by atoms with Gasteiger partial charge in [0.05, 0.1) is 7.11 Å². The number of aromatic hydroxyl groups is 1. The van der Waals surface area contributed by atoms with Gasteiger partial charge < -0.3 is 9.84 Å². The number of ether oxygens (including phenoxy) is 1. The molecule has 0 unspecified atom stereocenters. The van der Waals surface area contributed by atoms with Gasteiger partial charge in [-0.3, -0.25) is 0 Å². The Labute approximate surface area is 90.4 Å². The molecule has 0 fully saturated rings. The van der Waals surface area contributed by atoms with E-state index in [4.69, 9.17) is 27.0 Å². The number of hydrogen-bond acceptors (Lipinski definition) is 4. The molecule has 0 radical (unpaired) electrons. The first-order chi connectivity index (χ1) is 6.38. The van der Waals surface area contributed by atoms with Crippen molar-refractivity contribution >= 4 is 31.3 Å². The van der Waals surface area contributed by atoms with Crippen molar-refractivity contribution in [3.05, 3.63) is 17.2 Å². The standard InChI is InChI=1S/C7H6Cl2O4S/c1-13-4-2-3-5(14(9,11)12)7(10)6(4)8/h2-3,10H,1H3. The third-order valence-corrected chi connectivity index (χ3v) is 3.25. The smallest absolute Gasteiger partial charge is 0.265 e. The molecular formula is C7H6Cl2O4S. The minimum absolute atomic E-state index is 0.174. The monoisotopic (exact) mass is 256 g/mol. The Morgan fingerprint density at radius 1 is 1.43 bits per heavy atom. The van der Waals surface area contributed by atoms with Gasteiger partial charge in [0.15, 0.2) is 5.75 Å². The van der Waals surface area contributed by atoms with E-state index in [1.807, 2.05) is 0 Å². The van der Waals surface area contributed by atoms with Crippen molar-refractivity contribution in [1.82, 2.24) is 0 Å². The van der Waals surface area contributed by atoms with Crippen molar-refractivity contribution in [2.75, 3.05) is 7.11 Å². The zero-order valence-electron chi connectivity index (χ0n) is 6.99. The second-order valence-electron chi connectivity index (χ2n) is 2.37. The molecule has 0 spiro atoms. The third-order valence-electron chi connectivity index (χ3n) is 1.53. The molecule has 7 heteroatoms. The third kappa shape index (κ3) is 2.05. The number of phenolic OH excluding ortho intramolecular Hbond substituents is 1. The molecule has 1 N–H and O–H groups in total. The number of methoxy groups -OCH3 is 1. The number of phenols is 1. The molecule has 1 aromatic carbocycles. The molecule has 1 aromatic rings. The van der Waals surface area contributed by atoms with E-state index in [0.717, 1.165) is 6.07 Å². The predicted molar refractivity (Wildman–Crippen MR) is 52.7 cm³/mol. The molecular weight excluding hydrogens is 251 g/mol. The van der Waals surface area contributed by atoms with Gasteiger partial charge in [-0.25, -0.2) is 8.42 Å². The van der Waals surface area contributed by atoms with Gasteiger partial charge in [0.1, 0.15) is 15.7 Å². The normalized spacial score (nSPS) is 11.4. The van der Waals surface area contributed by atoms with E-state index in [9.17, 15) is 13.5 Å². The fourth-order valence-corrected chi connectivity index (χ4v) is 2.12. The molecule has 0 saturated carbocycles. The van der Waals surface area contributed by atoms with Crippen LogP contribution in [0.2, 0.25) is 5.02 Å². The fourth-order valence-electron chi connectivity index (χ4n) is 0.883. The zero-order valence-corrected chi connectivity index (χ0v) is 9.32. The SMILES string of the molecule is COc1ccc(S(=O)(=O)Cl)c(O)c1Cl. The van der Waals surface area contributed by atoms with Crippen LogP contribution in [-0.4, -0.2) is 20.6 Å². The molecule has 0 aromatic heterocycles. The largest absolute Gasteiger partial charge is 0.505 e. The first-order valence-electron chi connectivity index (χ1n) is 3.38. The average Bonchev–Trinajstić information content (AvgIpc) is 2.07. The lowest BCUT2D eigenvalue weighted by Crippen LogP contribution is -1.93. The topological polar surface area (TPSA) is 63.6 Å². The van der Waals surface area contributed by atoms with Crippen LogP contribution < -0.4 is 4.74 Å². The van der Waals surface area contributed by atoms with E-state index in [1.165, 1.54) is 13.2 Å². The van der Waals surface area contributed by atoms with Gasteiger partial charge in [0.25, 0.3) is 9.05 Å². The summed E-state index contributed by atoms with van der Waals surface area (Å²) in [7, 11) is 2.39. The van der Waals surface area contributed by atoms with Crippen molar-refractivity contribution in [1.29, 1.82) is 0 Å². The Hall–Kier alpha value is -0.650. The number of halogens is 2. The van der Waals surface area contributed by atoms with Crippen LogP contribution in [0.25, 0.3) is 0 Å². The summed E-state index contributed by atoms with van der Waals surface area (Å²) in [4.78, 5) is -0.440. The predicted octanol–water partition coefficient (Wildman–Crippen LogP) is 1.98. The second-order valence-corrected chi connectivity index (χ2v) is 5.28.